The number of benzene rings is 2. The number of aromatic hydroxyl groups is 3. The van der Waals surface area contributed by atoms with Crippen LogP contribution < -0.4 is 10.2 Å². The van der Waals surface area contributed by atoms with Gasteiger partial charge in [0.2, 0.25) is 17.0 Å². The van der Waals surface area contributed by atoms with Crippen molar-refractivity contribution in [3.63, 3.8) is 0 Å². The van der Waals surface area contributed by atoms with Crippen molar-refractivity contribution in [2.45, 2.75) is 6.92 Å². The molecular formula is C19H12O8. The number of aryl methyl sites for hydroxylation is 1. The van der Waals surface area contributed by atoms with E-state index in [0.717, 1.165) is 6.07 Å². The molecular weight excluding hydrogens is 356 g/mol. The van der Waals surface area contributed by atoms with Crippen molar-refractivity contribution in [3.8, 4) is 23.0 Å². The number of rotatable bonds is 1. The average Bonchev–Trinajstić information content (AvgIpc) is 2.61. The van der Waals surface area contributed by atoms with Crippen molar-refractivity contribution in [1.82, 2.24) is 0 Å². The molecule has 0 bridgehead atoms. The van der Waals surface area contributed by atoms with Gasteiger partial charge in [-0.25, -0.2) is 0 Å². The van der Waals surface area contributed by atoms with Gasteiger partial charge in [0, 0.05) is 12.1 Å². The predicted molar refractivity (Wildman–Crippen MR) is 92.1 cm³/mol. The number of fused-ring (bicyclic) bond motifs is 3. The molecule has 1 aromatic heterocycles. The van der Waals surface area contributed by atoms with Gasteiger partial charge in [0.05, 0.1) is 23.6 Å². The van der Waals surface area contributed by atoms with Gasteiger partial charge in [0.15, 0.2) is 17.3 Å². The number of ether oxygens (including phenoxy) is 1. The molecule has 0 spiro atoms. The molecule has 1 heterocycles. The molecule has 27 heavy (non-hydrogen) atoms. The van der Waals surface area contributed by atoms with E-state index >= 15 is 0 Å². The third-order valence-corrected chi connectivity index (χ3v) is 4.55. The van der Waals surface area contributed by atoms with Crippen LogP contribution in [0.3, 0.4) is 0 Å². The summed E-state index contributed by atoms with van der Waals surface area (Å²) in [6.07, 6.45) is 0. The Kier molecular flexibility index (Phi) is 3.29. The zero-order valence-electron chi connectivity index (χ0n) is 14.1. The van der Waals surface area contributed by atoms with Crippen LogP contribution in [0.25, 0.3) is 11.0 Å². The quantitative estimate of drug-likeness (QED) is 0.343. The van der Waals surface area contributed by atoms with Crippen LogP contribution in [0.1, 0.15) is 37.6 Å². The van der Waals surface area contributed by atoms with Gasteiger partial charge >= 0.3 is 0 Å². The Bertz CT molecular complexity index is 1250. The van der Waals surface area contributed by atoms with E-state index < -0.39 is 56.7 Å². The van der Waals surface area contributed by atoms with Crippen LogP contribution in [0.5, 0.6) is 23.0 Å². The fourth-order valence-electron chi connectivity index (χ4n) is 3.30. The minimum atomic E-state index is -0.997. The smallest absolute Gasteiger partial charge is 0.233 e. The Hall–Kier alpha value is -3.81. The lowest BCUT2D eigenvalue weighted by Crippen LogP contribution is -2.28. The first-order valence-corrected chi connectivity index (χ1v) is 7.79. The van der Waals surface area contributed by atoms with E-state index in [0.29, 0.717) is 11.3 Å². The Morgan fingerprint density at radius 1 is 0.889 bits per heavy atom. The summed E-state index contributed by atoms with van der Waals surface area (Å²) in [5.74, 6) is -4.54. The van der Waals surface area contributed by atoms with Gasteiger partial charge in [-0.1, -0.05) is 0 Å². The highest BCUT2D eigenvalue weighted by Crippen LogP contribution is 2.42. The molecule has 2 aromatic carbocycles. The van der Waals surface area contributed by atoms with Crippen LogP contribution in [0.2, 0.25) is 0 Å². The van der Waals surface area contributed by atoms with Crippen molar-refractivity contribution in [2.75, 3.05) is 7.11 Å². The highest BCUT2D eigenvalue weighted by molar-refractivity contribution is 6.30. The first-order chi connectivity index (χ1) is 12.8. The molecule has 3 aromatic rings. The lowest BCUT2D eigenvalue weighted by molar-refractivity contribution is 0.0951. The second-order valence-electron chi connectivity index (χ2n) is 6.12. The first kappa shape index (κ1) is 16.6. The van der Waals surface area contributed by atoms with Gasteiger partial charge in [-0.05, 0) is 18.6 Å². The molecule has 0 amide bonds. The van der Waals surface area contributed by atoms with Crippen molar-refractivity contribution >= 4 is 22.5 Å². The maximum absolute atomic E-state index is 13.0. The molecule has 4 rings (SSSR count). The standard InChI is InChI=1S/C19H12O8/c1-6-3-7(26-2)4-10-11(6)16(23)14-17(24)12-8(20)5-9(21)15(22)13(12)18(25)19(14)27-10/h3-5,20-22H,1-2H3. The van der Waals surface area contributed by atoms with Crippen LogP contribution in [-0.2, 0) is 0 Å². The zero-order chi connectivity index (χ0) is 19.6. The van der Waals surface area contributed by atoms with E-state index in [9.17, 15) is 29.7 Å². The van der Waals surface area contributed by atoms with Gasteiger partial charge in [-0.2, -0.15) is 0 Å². The van der Waals surface area contributed by atoms with Crippen molar-refractivity contribution < 1.29 is 34.1 Å². The molecule has 0 aliphatic heterocycles. The molecule has 0 radical (unpaired) electrons. The Morgan fingerprint density at radius 2 is 1.59 bits per heavy atom. The predicted octanol–water partition coefficient (Wildman–Crippen LogP) is 2.00. The number of phenols is 3. The van der Waals surface area contributed by atoms with E-state index in [1.165, 1.54) is 13.2 Å². The van der Waals surface area contributed by atoms with E-state index in [1.807, 2.05) is 0 Å². The van der Waals surface area contributed by atoms with Crippen LogP contribution in [0.15, 0.2) is 27.4 Å². The zero-order valence-corrected chi connectivity index (χ0v) is 14.1. The number of ketones is 2. The third-order valence-electron chi connectivity index (χ3n) is 4.55. The summed E-state index contributed by atoms with van der Waals surface area (Å²) in [7, 11) is 1.42. The summed E-state index contributed by atoms with van der Waals surface area (Å²) in [4.78, 5) is 38.6. The minimum absolute atomic E-state index is 0.0315. The molecule has 0 fully saturated rings. The summed E-state index contributed by atoms with van der Waals surface area (Å²) < 4.78 is 10.7. The summed E-state index contributed by atoms with van der Waals surface area (Å²) in [5, 5.41) is 29.8. The average molecular weight is 368 g/mol. The molecule has 3 N–H and O–H groups in total. The molecule has 0 saturated heterocycles. The van der Waals surface area contributed by atoms with Crippen molar-refractivity contribution in [2.24, 2.45) is 0 Å². The van der Waals surface area contributed by atoms with E-state index in [1.54, 1.807) is 13.0 Å². The van der Waals surface area contributed by atoms with Gasteiger partial charge in [0.1, 0.15) is 22.6 Å². The molecule has 136 valence electrons. The molecule has 0 saturated carbocycles. The monoisotopic (exact) mass is 368 g/mol. The van der Waals surface area contributed by atoms with Crippen LogP contribution in [-0.4, -0.2) is 34.0 Å². The van der Waals surface area contributed by atoms with Gasteiger partial charge in [-0.15, -0.1) is 0 Å². The van der Waals surface area contributed by atoms with E-state index in [-0.39, 0.29) is 11.0 Å². The van der Waals surface area contributed by atoms with E-state index in [2.05, 4.69) is 0 Å². The van der Waals surface area contributed by atoms with Crippen molar-refractivity contribution in [3.05, 3.63) is 56.4 Å². The maximum Gasteiger partial charge on any atom is 0.233 e. The van der Waals surface area contributed by atoms with Crippen LogP contribution in [0.4, 0.5) is 0 Å². The summed E-state index contributed by atoms with van der Waals surface area (Å²) >= 11 is 0. The topological polar surface area (TPSA) is 134 Å². The van der Waals surface area contributed by atoms with Gasteiger partial charge < -0.3 is 24.5 Å². The SMILES string of the molecule is COc1cc(C)c2c(=O)c3c(oc2c1)C(=O)c1c(O)c(O)cc(O)c1C3=O. The number of hydrogen-bond acceptors (Lipinski definition) is 8. The number of methoxy groups -OCH3 is 1. The highest BCUT2D eigenvalue weighted by Gasteiger charge is 2.40. The second-order valence-corrected chi connectivity index (χ2v) is 6.12. The Balaban J connectivity index is 2.15. The number of hydrogen-bond donors (Lipinski definition) is 3. The number of carbonyl (C=O) groups excluding carboxylic acids is 2. The summed E-state index contributed by atoms with van der Waals surface area (Å²) in [5.41, 5.74) is -1.93. The normalized spacial score (nSPS) is 12.8. The number of carbonyl (C=O) groups is 2. The lowest BCUT2D eigenvalue weighted by Gasteiger charge is -2.19. The Labute approximate surface area is 150 Å². The highest BCUT2D eigenvalue weighted by atomic mass is 16.5. The first-order valence-electron chi connectivity index (χ1n) is 7.79. The fraction of sp³-hybridized carbons (Fsp3) is 0.105. The largest absolute Gasteiger partial charge is 0.507 e. The minimum Gasteiger partial charge on any atom is -0.507 e. The molecule has 0 atom stereocenters. The molecule has 8 nitrogen and oxygen atoms in total. The van der Waals surface area contributed by atoms with Gasteiger partial charge in [-0.3, -0.25) is 14.4 Å². The third kappa shape index (κ3) is 2.06. The molecule has 1 aliphatic rings. The Morgan fingerprint density at radius 3 is 2.26 bits per heavy atom. The second kappa shape index (κ2) is 5.34. The molecule has 8 heteroatoms. The van der Waals surface area contributed by atoms with Crippen LogP contribution in [0, 0.1) is 6.92 Å². The molecule has 1 aliphatic carbocycles. The summed E-state index contributed by atoms with van der Waals surface area (Å²) in [6, 6.07) is 3.70. The van der Waals surface area contributed by atoms with Crippen LogP contribution >= 0.6 is 0 Å². The van der Waals surface area contributed by atoms with E-state index in [4.69, 9.17) is 9.15 Å². The lowest BCUT2D eigenvalue weighted by atomic mass is 9.85. The van der Waals surface area contributed by atoms with Crippen molar-refractivity contribution in [1.29, 1.82) is 0 Å². The number of phenolic OH excluding ortho intramolecular Hbond substituents is 3. The van der Waals surface area contributed by atoms with Gasteiger partial charge in [0.25, 0.3) is 0 Å². The molecule has 0 unspecified atom stereocenters. The summed E-state index contributed by atoms with van der Waals surface area (Å²) in [6.45, 7) is 1.62. The fourth-order valence-corrected chi connectivity index (χ4v) is 3.30. The maximum atomic E-state index is 13.0.